The summed E-state index contributed by atoms with van der Waals surface area (Å²) in [6, 6.07) is 9.03. The molecule has 5 heteroatoms. The van der Waals surface area contributed by atoms with Gasteiger partial charge in [0.1, 0.15) is 5.69 Å². The van der Waals surface area contributed by atoms with Crippen LogP contribution in [0.1, 0.15) is 12.8 Å². The molecule has 5 rings (SSSR count). The predicted molar refractivity (Wildman–Crippen MR) is 82.2 cm³/mol. The molecule has 2 aromatic heterocycles. The molecule has 0 aromatic carbocycles. The highest BCUT2D eigenvalue weighted by Gasteiger charge is 2.29. The summed E-state index contributed by atoms with van der Waals surface area (Å²) in [7, 11) is 0. The minimum atomic E-state index is 0.649. The number of thiophene rings is 1. The van der Waals surface area contributed by atoms with E-state index in [1.807, 2.05) is 0 Å². The maximum Gasteiger partial charge on any atom is 0.151 e. The summed E-state index contributed by atoms with van der Waals surface area (Å²) >= 11 is 1.71. The molecule has 3 aliphatic heterocycles. The van der Waals surface area contributed by atoms with Crippen LogP contribution in [-0.4, -0.2) is 47.3 Å². The number of aromatic nitrogens is 2. The molecule has 3 fully saturated rings. The molecule has 104 valence electrons. The summed E-state index contributed by atoms with van der Waals surface area (Å²) < 4.78 is 0. The Morgan fingerprint density at radius 2 is 1.90 bits per heavy atom. The van der Waals surface area contributed by atoms with Crippen molar-refractivity contribution in [3.63, 3.8) is 0 Å². The molecule has 4 nitrogen and oxygen atoms in total. The monoisotopic (exact) mass is 286 g/mol. The Labute approximate surface area is 123 Å². The molecule has 2 bridgehead atoms. The molecule has 0 unspecified atom stereocenters. The number of anilines is 1. The van der Waals surface area contributed by atoms with Gasteiger partial charge in [-0.2, -0.15) is 0 Å². The van der Waals surface area contributed by atoms with Gasteiger partial charge in [-0.1, -0.05) is 6.07 Å². The summed E-state index contributed by atoms with van der Waals surface area (Å²) in [5.41, 5.74) is 0.978. The van der Waals surface area contributed by atoms with Crippen molar-refractivity contribution >= 4 is 17.2 Å². The van der Waals surface area contributed by atoms with E-state index in [9.17, 15) is 0 Å². The molecule has 5 heterocycles. The Balaban J connectivity index is 1.59. The van der Waals surface area contributed by atoms with E-state index in [0.717, 1.165) is 24.6 Å². The molecule has 3 saturated heterocycles. The first-order chi connectivity index (χ1) is 9.90. The summed E-state index contributed by atoms with van der Waals surface area (Å²) in [5.74, 6) is 1.04. The molecule has 2 aromatic rings. The zero-order chi connectivity index (χ0) is 13.4. The molecule has 3 aliphatic rings. The molecule has 0 saturated carbocycles. The molecule has 0 N–H and O–H groups in total. The lowest BCUT2D eigenvalue weighted by atomic mass is 10.1. The molecule has 0 radical (unpaired) electrons. The van der Waals surface area contributed by atoms with Gasteiger partial charge in [0.15, 0.2) is 5.82 Å². The van der Waals surface area contributed by atoms with Crippen LogP contribution in [0.5, 0.6) is 0 Å². The van der Waals surface area contributed by atoms with Gasteiger partial charge in [0.2, 0.25) is 0 Å². The zero-order valence-electron chi connectivity index (χ0n) is 11.4. The van der Waals surface area contributed by atoms with E-state index in [-0.39, 0.29) is 0 Å². The molecule has 0 aliphatic carbocycles. The van der Waals surface area contributed by atoms with E-state index in [1.54, 1.807) is 11.3 Å². The number of hydrogen-bond acceptors (Lipinski definition) is 5. The van der Waals surface area contributed by atoms with Crippen LogP contribution in [0.4, 0.5) is 5.82 Å². The summed E-state index contributed by atoms with van der Waals surface area (Å²) in [5, 5.41) is 11.0. The van der Waals surface area contributed by atoms with E-state index >= 15 is 0 Å². The zero-order valence-corrected chi connectivity index (χ0v) is 12.2. The minimum Gasteiger partial charge on any atom is -0.351 e. The first-order valence-corrected chi connectivity index (χ1v) is 8.15. The first kappa shape index (κ1) is 12.3. The van der Waals surface area contributed by atoms with E-state index in [1.165, 1.54) is 30.8 Å². The van der Waals surface area contributed by atoms with Gasteiger partial charge in [-0.15, -0.1) is 21.5 Å². The van der Waals surface area contributed by atoms with E-state index < -0.39 is 0 Å². The lowest BCUT2D eigenvalue weighted by Gasteiger charge is -2.31. The number of fused-ring (bicyclic) bond motifs is 4. The quantitative estimate of drug-likeness (QED) is 0.849. The van der Waals surface area contributed by atoms with Gasteiger partial charge in [-0.3, -0.25) is 0 Å². The van der Waals surface area contributed by atoms with Crippen LogP contribution < -0.4 is 4.90 Å². The van der Waals surface area contributed by atoms with Crippen molar-refractivity contribution in [3.8, 4) is 10.6 Å². The van der Waals surface area contributed by atoms with Gasteiger partial charge >= 0.3 is 0 Å². The third kappa shape index (κ3) is 2.21. The van der Waals surface area contributed by atoms with E-state index in [4.69, 9.17) is 0 Å². The summed E-state index contributed by atoms with van der Waals surface area (Å²) in [6.07, 6.45) is 2.52. The number of hydrogen-bond donors (Lipinski definition) is 0. The largest absolute Gasteiger partial charge is 0.351 e. The topological polar surface area (TPSA) is 32.3 Å². The van der Waals surface area contributed by atoms with Gasteiger partial charge in [-0.25, -0.2) is 0 Å². The third-order valence-corrected chi connectivity index (χ3v) is 5.27. The van der Waals surface area contributed by atoms with Crippen LogP contribution in [0.15, 0.2) is 29.6 Å². The minimum absolute atomic E-state index is 0.649. The van der Waals surface area contributed by atoms with Crippen LogP contribution in [0.3, 0.4) is 0 Å². The van der Waals surface area contributed by atoms with E-state index in [0.29, 0.717) is 6.04 Å². The van der Waals surface area contributed by atoms with Crippen LogP contribution >= 0.6 is 11.3 Å². The van der Waals surface area contributed by atoms with Crippen molar-refractivity contribution in [2.75, 3.05) is 31.1 Å². The highest BCUT2D eigenvalue weighted by Crippen LogP contribution is 2.27. The Morgan fingerprint density at radius 1 is 1.00 bits per heavy atom. The van der Waals surface area contributed by atoms with Gasteiger partial charge < -0.3 is 9.80 Å². The Bertz CT molecular complexity index is 558. The van der Waals surface area contributed by atoms with Crippen molar-refractivity contribution in [2.24, 2.45) is 0 Å². The van der Waals surface area contributed by atoms with Crippen LogP contribution in [0, 0.1) is 0 Å². The fourth-order valence-electron chi connectivity index (χ4n) is 3.22. The first-order valence-electron chi connectivity index (χ1n) is 7.27. The second kappa shape index (κ2) is 5.14. The van der Waals surface area contributed by atoms with Gasteiger partial charge in [0.25, 0.3) is 0 Å². The molecule has 0 atom stereocenters. The van der Waals surface area contributed by atoms with Crippen LogP contribution in [0.2, 0.25) is 0 Å². The third-order valence-electron chi connectivity index (χ3n) is 4.37. The lowest BCUT2D eigenvalue weighted by Crippen LogP contribution is -2.38. The normalized spacial score (nSPS) is 25.7. The van der Waals surface area contributed by atoms with Crippen LogP contribution in [-0.2, 0) is 0 Å². The van der Waals surface area contributed by atoms with Gasteiger partial charge in [-0.05, 0) is 36.4 Å². The molecular formula is C15H18N4S. The van der Waals surface area contributed by atoms with E-state index in [2.05, 4.69) is 49.6 Å². The van der Waals surface area contributed by atoms with Crippen molar-refractivity contribution in [1.29, 1.82) is 0 Å². The number of nitrogens with zero attached hydrogens (tertiary/aromatic N) is 4. The predicted octanol–water partition coefficient (Wildman–Crippen LogP) is 2.49. The SMILES string of the molecule is c1csc(-c2ccc(N3CCN4CCC3CC4)nn2)c1. The maximum atomic E-state index is 4.48. The maximum absolute atomic E-state index is 4.48. The van der Waals surface area contributed by atoms with Crippen LogP contribution in [0.25, 0.3) is 10.6 Å². The van der Waals surface area contributed by atoms with Crippen molar-refractivity contribution in [1.82, 2.24) is 15.1 Å². The Kier molecular flexibility index (Phi) is 3.16. The fraction of sp³-hybridized carbons (Fsp3) is 0.467. The van der Waals surface area contributed by atoms with Crippen molar-refractivity contribution < 1.29 is 0 Å². The second-order valence-corrected chi connectivity index (χ2v) is 6.47. The van der Waals surface area contributed by atoms with Gasteiger partial charge in [0.05, 0.1) is 4.88 Å². The highest BCUT2D eigenvalue weighted by atomic mass is 32.1. The van der Waals surface area contributed by atoms with Crippen molar-refractivity contribution in [3.05, 3.63) is 29.6 Å². The molecule has 0 amide bonds. The summed E-state index contributed by atoms with van der Waals surface area (Å²) in [4.78, 5) is 6.20. The smallest absolute Gasteiger partial charge is 0.151 e. The second-order valence-electron chi connectivity index (χ2n) is 5.52. The number of rotatable bonds is 2. The fourth-order valence-corrected chi connectivity index (χ4v) is 3.91. The Morgan fingerprint density at radius 3 is 2.60 bits per heavy atom. The van der Waals surface area contributed by atoms with Crippen molar-refractivity contribution in [2.45, 2.75) is 18.9 Å². The molecular weight excluding hydrogens is 268 g/mol. The standard InChI is InChI=1S/C15H18N4S/c1-2-14(20-11-1)13-3-4-15(17-16-13)19-10-9-18-7-5-12(19)6-8-18/h1-4,11-12H,5-10H2. The summed E-state index contributed by atoms with van der Waals surface area (Å²) in [6.45, 7) is 4.71. The van der Waals surface area contributed by atoms with Gasteiger partial charge in [0, 0.05) is 32.2 Å². The highest BCUT2D eigenvalue weighted by molar-refractivity contribution is 7.13. The lowest BCUT2D eigenvalue weighted by molar-refractivity contribution is 0.250. The number of piperidine rings is 1. The average molecular weight is 286 g/mol. The Hall–Kier alpha value is -1.46. The average Bonchev–Trinajstić information content (AvgIpc) is 2.88. The molecule has 20 heavy (non-hydrogen) atoms. The molecule has 0 spiro atoms.